The van der Waals surface area contributed by atoms with Crippen LogP contribution in [0.3, 0.4) is 0 Å². The van der Waals surface area contributed by atoms with Crippen molar-refractivity contribution >= 4 is 56.5 Å². The molecule has 9 rings (SSSR count). The Hall–Kier alpha value is -6.68. The average molecular weight is 725 g/mol. The number of aromatic amines is 2. The number of pyridine rings is 1. The van der Waals surface area contributed by atoms with E-state index in [1.54, 1.807) is 4.57 Å². The van der Waals surface area contributed by atoms with Gasteiger partial charge in [0.25, 0.3) is 10.1 Å². The predicted molar refractivity (Wildman–Crippen MR) is 217 cm³/mol. The molecule has 0 amide bonds. The third kappa shape index (κ3) is 6.47. The van der Waals surface area contributed by atoms with Crippen molar-refractivity contribution in [1.29, 1.82) is 0 Å². The van der Waals surface area contributed by atoms with Gasteiger partial charge in [-0.25, -0.2) is 14.5 Å². The minimum absolute atomic E-state index is 0.122. The van der Waals surface area contributed by atoms with Crippen LogP contribution in [0.2, 0.25) is 0 Å². The molecule has 8 bridgehead atoms. The Morgan fingerprint density at radius 1 is 0.463 bits per heavy atom. The molecule has 0 saturated carbocycles. The summed E-state index contributed by atoms with van der Waals surface area (Å²) in [6.45, 7) is 0.122. The number of fused-ring (bicyclic) bond motifs is 8. The van der Waals surface area contributed by atoms with Gasteiger partial charge in [0.1, 0.15) is 5.75 Å². The van der Waals surface area contributed by atoms with Crippen LogP contribution in [0.1, 0.15) is 22.8 Å². The average Bonchev–Trinajstić information content (AvgIpc) is 4.03. The number of aromatic nitrogens is 5. The first-order valence-electron chi connectivity index (χ1n) is 17.7. The van der Waals surface area contributed by atoms with Gasteiger partial charge in [0.15, 0.2) is 18.9 Å². The van der Waals surface area contributed by atoms with Crippen LogP contribution in [0, 0.1) is 0 Å². The second-order valence-corrected chi connectivity index (χ2v) is 14.8. The zero-order valence-corrected chi connectivity index (χ0v) is 29.8. The molecule has 3 aromatic carbocycles. The van der Waals surface area contributed by atoms with Crippen molar-refractivity contribution in [2.75, 3.05) is 5.75 Å². The third-order valence-electron chi connectivity index (χ3n) is 9.73. The van der Waals surface area contributed by atoms with Crippen LogP contribution in [-0.4, -0.2) is 38.7 Å². The van der Waals surface area contributed by atoms with E-state index in [2.05, 4.69) is 94.9 Å². The lowest BCUT2D eigenvalue weighted by molar-refractivity contribution is -0.692. The van der Waals surface area contributed by atoms with Gasteiger partial charge in [-0.2, -0.15) is 8.42 Å². The minimum atomic E-state index is -4.10. The summed E-state index contributed by atoms with van der Waals surface area (Å²) < 4.78 is 34.0. The number of nitrogens with zero attached hydrogens (tertiary/aromatic N) is 3. The molecule has 6 heterocycles. The molecule has 4 aromatic heterocycles. The Morgan fingerprint density at radius 2 is 0.815 bits per heavy atom. The molecule has 0 atom stereocenters. The van der Waals surface area contributed by atoms with Crippen LogP contribution in [0.15, 0.2) is 140 Å². The van der Waals surface area contributed by atoms with Crippen molar-refractivity contribution in [3.05, 3.63) is 163 Å². The smallest absolute Gasteiger partial charge is 0.271 e. The number of aryl methyl sites for hydroxylation is 1. The van der Waals surface area contributed by atoms with Crippen molar-refractivity contribution in [2.45, 2.75) is 6.54 Å². The van der Waals surface area contributed by atoms with Gasteiger partial charge in [-0.15, -0.1) is 0 Å². The monoisotopic (exact) mass is 724 g/mol. The number of benzene rings is 3. The van der Waals surface area contributed by atoms with E-state index in [-0.39, 0.29) is 12.3 Å². The van der Waals surface area contributed by atoms with Crippen LogP contribution in [0.4, 0.5) is 0 Å². The molecule has 0 fully saturated rings. The fourth-order valence-electron chi connectivity index (χ4n) is 7.23. The molecular formula is C45H34N5O3S+. The molecule has 7 aromatic rings. The topological polar surface area (TPSA) is 116 Å². The highest BCUT2D eigenvalue weighted by Crippen LogP contribution is 2.38. The first-order chi connectivity index (χ1) is 26.4. The summed E-state index contributed by atoms with van der Waals surface area (Å²) in [4.78, 5) is 18.2. The SMILES string of the molecule is O=S(=O)(O)CC[n+]1ccc(-c2c3nc(c(-c4ccccc4)c4ccc([nH]4)c(-c4ccccc4)c4ccc([nH]4)c(-c4ccccc4)c4nc2C=C4)C=C3)cc1. The molecule has 2 aliphatic heterocycles. The second-order valence-electron chi connectivity index (χ2n) is 13.2. The van der Waals surface area contributed by atoms with Gasteiger partial charge in [-0.1, -0.05) is 91.0 Å². The number of H-pyrrole nitrogens is 2. The van der Waals surface area contributed by atoms with E-state index in [0.717, 1.165) is 89.4 Å². The maximum atomic E-state index is 11.5. The Bertz CT molecular complexity index is 2740. The lowest BCUT2D eigenvalue weighted by atomic mass is 10.0. The lowest BCUT2D eigenvalue weighted by Crippen LogP contribution is -2.36. The summed E-state index contributed by atoms with van der Waals surface area (Å²) in [6, 6.07) is 43.3. The van der Waals surface area contributed by atoms with E-state index in [1.807, 2.05) is 79.1 Å². The fraction of sp³-hybridized carbons (Fsp3) is 0.0444. The molecule has 0 radical (unpaired) electrons. The van der Waals surface area contributed by atoms with E-state index in [9.17, 15) is 13.0 Å². The molecule has 54 heavy (non-hydrogen) atoms. The molecule has 0 unspecified atom stereocenters. The normalized spacial score (nSPS) is 12.3. The van der Waals surface area contributed by atoms with Crippen LogP contribution in [0.5, 0.6) is 0 Å². The van der Waals surface area contributed by atoms with Crippen molar-refractivity contribution in [2.24, 2.45) is 0 Å². The highest BCUT2D eigenvalue weighted by atomic mass is 32.2. The van der Waals surface area contributed by atoms with Crippen molar-refractivity contribution in [3.8, 4) is 44.5 Å². The van der Waals surface area contributed by atoms with Crippen LogP contribution < -0.4 is 4.57 Å². The van der Waals surface area contributed by atoms with Gasteiger partial charge in [0, 0.05) is 56.5 Å². The van der Waals surface area contributed by atoms with Crippen molar-refractivity contribution in [3.63, 3.8) is 0 Å². The summed E-state index contributed by atoms with van der Waals surface area (Å²) >= 11 is 0. The number of hydrogen-bond donors (Lipinski definition) is 3. The van der Waals surface area contributed by atoms with E-state index < -0.39 is 10.1 Å². The second kappa shape index (κ2) is 13.7. The Labute approximate surface area is 312 Å². The summed E-state index contributed by atoms with van der Waals surface area (Å²) in [7, 11) is -4.10. The summed E-state index contributed by atoms with van der Waals surface area (Å²) in [5.74, 6) is -0.378. The standard InChI is InChI=1S/C45H33N5O3S/c51-54(52,53)29-28-50-26-24-33(25-27-50)45-40-22-20-38(48-40)43(31-12-6-2-7-13-31)36-18-16-34(46-36)42(30-10-4-1-5-11-30)35-17-19-37(47-35)44(32-14-8-3-9-15-32)39-21-23-41(45)49-39/h1-27H,28-29H2,(H2,46,47,48,49,51,52,53)/p+1. The Balaban J connectivity index is 1.40. The molecule has 0 aliphatic carbocycles. The van der Waals surface area contributed by atoms with Crippen molar-refractivity contribution in [1.82, 2.24) is 19.9 Å². The maximum absolute atomic E-state index is 11.5. The lowest BCUT2D eigenvalue weighted by Gasteiger charge is -2.07. The highest BCUT2D eigenvalue weighted by Gasteiger charge is 2.20. The van der Waals surface area contributed by atoms with E-state index >= 15 is 0 Å². The quantitative estimate of drug-likeness (QED) is 0.112. The van der Waals surface area contributed by atoms with E-state index in [1.165, 1.54) is 0 Å². The summed E-state index contributed by atoms with van der Waals surface area (Å²) in [5, 5.41) is 0. The Kier molecular flexibility index (Phi) is 8.42. The largest absolute Gasteiger partial charge is 0.354 e. The Morgan fingerprint density at radius 3 is 1.22 bits per heavy atom. The van der Waals surface area contributed by atoms with Gasteiger partial charge in [-0.05, 0) is 70.8 Å². The van der Waals surface area contributed by atoms with Crippen molar-refractivity contribution < 1.29 is 17.5 Å². The summed E-state index contributed by atoms with van der Waals surface area (Å²) in [6.07, 6.45) is 11.8. The maximum Gasteiger partial charge on any atom is 0.271 e. The van der Waals surface area contributed by atoms with E-state index in [0.29, 0.717) is 0 Å². The zero-order valence-electron chi connectivity index (χ0n) is 29.0. The van der Waals surface area contributed by atoms with Gasteiger partial charge in [-0.3, -0.25) is 4.55 Å². The molecule has 262 valence electrons. The van der Waals surface area contributed by atoms with Gasteiger partial charge < -0.3 is 9.97 Å². The van der Waals surface area contributed by atoms with Gasteiger partial charge >= 0.3 is 0 Å². The molecule has 0 saturated heterocycles. The minimum Gasteiger partial charge on any atom is -0.354 e. The first kappa shape index (κ1) is 33.2. The molecule has 2 aliphatic rings. The molecule has 8 nitrogen and oxygen atoms in total. The predicted octanol–water partition coefficient (Wildman–Crippen LogP) is 9.50. The van der Waals surface area contributed by atoms with Gasteiger partial charge in [0.2, 0.25) is 0 Å². The van der Waals surface area contributed by atoms with Crippen LogP contribution in [0.25, 0.3) is 90.9 Å². The molecule has 0 spiro atoms. The molecule has 3 N–H and O–H groups in total. The number of hydrogen-bond acceptors (Lipinski definition) is 4. The van der Waals surface area contributed by atoms with E-state index in [4.69, 9.17) is 9.97 Å². The zero-order chi connectivity index (χ0) is 36.6. The summed E-state index contributed by atoms with van der Waals surface area (Å²) in [5.41, 5.74) is 14.7. The first-order valence-corrected chi connectivity index (χ1v) is 19.3. The third-order valence-corrected chi connectivity index (χ3v) is 10.4. The number of rotatable bonds is 7. The van der Waals surface area contributed by atoms with Crippen LogP contribution in [-0.2, 0) is 16.7 Å². The van der Waals surface area contributed by atoms with Gasteiger partial charge in [0.05, 0.1) is 22.8 Å². The van der Waals surface area contributed by atoms with Crippen LogP contribution >= 0.6 is 0 Å². The molecular weight excluding hydrogens is 691 g/mol. The molecule has 9 heteroatoms. The highest BCUT2D eigenvalue weighted by molar-refractivity contribution is 7.85. The number of nitrogens with one attached hydrogen (secondary N) is 2. The fourth-order valence-corrected chi connectivity index (χ4v) is 7.67.